The smallest absolute Gasteiger partial charge is 0.340 e. The van der Waals surface area contributed by atoms with Crippen LogP contribution in [0.15, 0.2) is 84.9 Å². The lowest BCUT2D eigenvalue weighted by atomic mass is 10.0. The minimum Gasteiger partial charge on any atom is -0.469 e. The summed E-state index contributed by atoms with van der Waals surface area (Å²) >= 11 is 1.71. The summed E-state index contributed by atoms with van der Waals surface area (Å²) in [5.41, 5.74) is 4.36. The number of rotatable bonds is 17. The topological polar surface area (TPSA) is 65.1 Å². The van der Waals surface area contributed by atoms with E-state index in [0.29, 0.717) is 39.1 Å². The number of hydrogen-bond acceptors (Lipinski definition) is 7. The molecular weight excluding hydrogens is 589 g/mol. The summed E-state index contributed by atoms with van der Waals surface area (Å²) in [4.78, 5) is 28.1. The fourth-order valence-corrected chi connectivity index (χ4v) is 6.07. The van der Waals surface area contributed by atoms with Crippen LogP contribution >= 0.6 is 11.3 Å². The summed E-state index contributed by atoms with van der Waals surface area (Å²) in [5, 5.41) is 0. The van der Waals surface area contributed by atoms with E-state index in [-0.39, 0.29) is 17.6 Å². The molecule has 3 aromatic carbocycles. The highest BCUT2D eigenvalue weighted by molar-refractivity contribution is 7.12. The predicted octanol–water partition coefficient (Wildman–Crippen LogP) is 7.87. The largest absolute Gasteiger partial charge is 0.469 e. The molecule has 1 atom stereocenters. The number of esters is 2. The third-order valence-electron chi connectivity index (χ3n) is 7.70. The highest BCUT2D eigenvalue weighted by Crippen LogP contribution is 2.29. The summed E-state index contributed by atoms with van der Waals surface area (Å²) in [6.45, 7) is 4.25. The number of hydrogen-bond donors (Lipinski definition) is 0. The second kappa shape index (κ2) is 17.6. The number of methoxy groups -OCH3 is 2. The molecule has 1 aromatic heterocycles. The van der Waals surface area contributed by atoms with Crippen LogP contribution in [0.25, 0.3) is 0 Å². The quantitative estimate of drug-likeness (QED) is 0.0873. The van der Waals surface area contributed by atoms with Crippen LogP contribution in [0.4, 0.5) is 4.39 Å². The minimum atomic E-state index is -0.704. The molecule has 0 bridgehead atoms. The number of unbranched alkanes of at least 4 members (excludes halogenated alkanes) is 1. The van der Waals surface area contributed by atoms with Crippen molar-refractivity contribution < 1.29 is 28.2 Å². The van der Waals surface area contributed by atoms with Crippen molar-refractivity contribution in [3.63, 3.8) is 0 Å². The van der Waals surface area contributed by atoms with Gasteiger partial charge in [-0.3, -0.25) is 9.69 Å². The van der Waals surface area contributed by atoms with Gasteiger partial charge in [0.15, 0.2) is 0 Å². The number of benzene rings is 3. The van der Waals surface area contributed by atoms with Crippen molar-refractivity contribution in [2.75, 3.05) is 27.3 Å². The van der Waals surface area contributed by atoms with Gasteiger partial charge < -0.3 is 14.2 Å². The molecule has 4 aromatic rings. The van der Waals surface area contributed by atoms with E-state index >= 15 is 0 Å². The lowest BCUT2D eigenvalue weighted by molar-refractivity contribution is -0.140. The zero-order chi connectivity index (χ0) is 32.0. The normalized spacial score (nSPS) is 11.8. The third kappa shape index (κ3) is 10.9. The predicted molar refractivity (Wildman–Crippen MR) is 176 cm³/mol. The van der Waals surface area contributed by atoms with Crippen LogP contribution in [-0.2, 0) is 45.0 Å². The summed E-state index contributed by atoms with van der Waals surface area (Å²) in [7, 11) is 2.63. The van der Waals surface area contributed by atoms with E-state index in [2.05, 4.69) is 72.5 Å². The third-order valence-corrected chi connectivity index (χ3v) is 8.79. The lowest BCUT2D eigenvalue weighted by Gasteiger charge is -2.28. The van der Waals surface area contributed by atoms with Gasteiger partial charge >= 0.3 is 11.9 Å². The molecule has 0 saturated carbocycles. The van der Waals surface area contributed by atoms with Crippen LogP contribution in [0, 0.1) is 12.7 Å². The zero-order valence-corrected chi connectivity index (χ0v) is 27.1. The van der Waals surface area contributed by atoms with Crippen LogP contribution < -0.4 is 0 Å². The van der Waals surface area contributed by atoms with E-state index in [1.807, 2.05) is 6.07 Å². The fourth-order valence-electron chi connectivity index (χ4n) is 5.15. The zero-order valence-electron chi connectivity index (χ0n) is 26.3. The average Bonchev–Trinajstić information content (AvgIpc) is 3.50. The Morgan fingerprint density at radius 3 is 2.16 bits per heavy atom. The first-order valence-corrected chi connectivity index (χ1v) is 16.1. The van der Waals surface area contributed by atoms with Crippen LogP contribution in [0.3, 0.4) is 0 Å². The van der Waals surface area contributed by atoms with Crippen LogP contribution in [0.5, 0.6) is 0 Å². The molecule has 1 heterocycles. The van der Waals surface area contributed by atoms with Gasteiger partial charge in [0.1, 0.15) is 11.9 Å². The monoisotopic (exact) mass is 631 g/mol. The SMILES string of the molecule is COC(=O)CCCCN(Cc1ccc(C(=O)OC)c(F)c1)CC(OCc1ccc(CCc2ccccc2)cc1)c1ccc(C)s1. The summed E-state index contributed by atoms with van der Waals surface area (Å²) < 4.78 is 30.8. The molecule has 0 saturated heterocycles. The Bertz CT molecular complexity index is 1510. The Kier molecular flexibility index (Phi) is 13.3. The molecule has 6 nitrogen and oxygen atoms in total. The van der Waals surface area contributed by atoms with Gasteiger partial charge in [-0.25, -0.2) is 9.18 Å². The molecule has 0 radical (unpaired) electrons. The van der Waals surface area contributed by atoms with Crippen molar-refractivity contribution in [3.05, 3.63) is 128 Å². The number of halogens is 1. The Labute approximate surface area is 269 Å². The van der Waals surface area contributed by atoms with Crippen molar-refractivity contribution in [1.29, 1.82) is 0 Å². The molecule has 0 fully saturated rings. The van der Waals surface area contributed by atoms with Crippen molar-refractivity contribution in [1.82, 2.24) is 4.90 Å². The number of nitrogens with zero attached hydrogens (tertiary/aromatic N) is 1. The first-order valence-electron chi connectivity index (χ1n) is 15.3. The molecule has 0 amide bonds. The van der Waals surface area contributed by atoms with Gasteiger partial charge in [-0.05, 0) is 85.7 Å². The van der Waals surface area contributed by atoms with E-state index in [0.717, 1.165) is 35.3 Å². The molecule has 0 aliphatic heterocycles. The molecule has 0 N–H and O–H groups in total. The van der Waals surface area contributed by atoms with Crippen LogP contribution in [-0.4, -0.2) is 44.1 Å². The number of carbonyl (C=O) groups excluding carboxylic acids is 2. The Morgan fingerprint density at radius 2 is 1.51 bits per heavy atom. The van der Waals surface area contributed by atoms with E-state index < -0.39 is 11.8 Å². The molecule has 4 rings (SSSR count). The van der Waals surface area contributed by atoms with Crippen molar-refractivity contribution in [3.8, 4) is 0 Å². The van der Waals surface area contributed by atoms with E-state index in [1.165, 1.54) is 42.4 Å². The van der Waals surface area contributed by atoms with Gasteiger partial charge in [-0.1, -0.05) is 60.7 Å². The van der Waals surface area contributed by atoms with Gasteiger partial charge in [-0.15, -0.1) is 11.3 Å². The molecular formula is C37H42FNO5S. The van der Waals surface area contributed by atoms with Gasteiger partial charge in [0.2, 0.25) is 0 Å². The molecule has 0 aliphatic rings. The summed E-state index contributed by atoms with van der Waals surface area (Å²) in [6.07, 6.45) is 3.56. The van der Waals surface area contributed by atoms with Crippen molar-refractivity contribution in [2.45, 2.75) is 58.3 Å². The number of thiophene rings is 1. The van der Waals surface area contributed by atoms with Gasteiger partial charge in [-0.2, -0.15) is 0 Å². The summed E-state index contributed by atoms with van der Waals surface area (Å²) in [5.74, 6) is -1.55. The molecule has 0 aliphatic carbocycles. The first-order chi connectivity index (χ1) is 21.8. The molecule has 0 spiro atoms. The van der Waals surface area contributed by atoms with Gasteiger partial charge in [0.25, 0.3) is 0 Å². The van der Waals surface area contributed by atoms with E-state index in [4.69, 9.17) is 14.2 Å². The summed E-state index contributed by atoms with van der Waals surface area (Å²) in [6, 6.07) is 27.9. The second-order valence-corrected chi connectivity index (χ2v) is 12.4. The maximum atomic E-state index is 14.8. The van der Waals surface area contributed by atoms with Crippen LogP contribution in [0.2, 0.25) is 0 Å². The lowest BCUT2D eigenvalue weighted by Crippen LogP contribution is -2.30. The minimum absolute atomic E-state index is 0.0905. The highest BCUT2D eigenvalue weighted by Gasteiger charge is 2.21. The standard InChI is InChI=1S/C37H42FNO5S/c1-27-12-21-35(45-27)34(44-26-30-17-15-29(16-18-30)14-13-28-9-5-4-6-10-28)25-39(22-8-7-11-36(40)42-2)24-31-19-20-32(33(38)23-31)37(41)43-3/h4-6,9-10,12,15-21,23,34H,7-8,11,13-14,22,24-26H2,1-3H3. The fraction of sp³-hybridized carbons (Fsp3) is 0.351. The Morgan fingerprint density at radius 1 is 0.822 bits per heavy atom. The van der Waals surface area contributed by atoms with Crippen LogP contribution in [0.1, 0.15) is 67.7 Å². The number of aryl methyl sites for hydroxylation is 3. The van der Waals surface area contributed by atoms with E-state index in [9.17, 15) is 14.0 Å². The second-order valence-electron chi connectivity index (χ2n) is 11.1. The molecule has 238 valence electrons. The maximum absolute atomic E-state index is 14.8. The van der Waals surface area contributed by atoms with Crippen molar-refractivity contribution in [2.24, 2.45) is 0 Å². The van der Waals surface area contributed by atoms with E-state index in [1.54, 1.807) is 17.4 Å². The number of ether oxygens (including phenoxy) is 3. The van der Waals surface area contributed by atoms with Crippen molar-refractivity contribution >= 4 is 23.3 Å². The Hall–Kier alpha value is -3.85. The Balaban J connectivity index is 1.45. The first kappa shape index (κ1) is 34.0. The molecule has 8 heteroatoms. The number of carbonyl (C=O) groups is 2. The van der Waals surface area contributed by atoms with Gasteiger partial charge in [0.05, 0.1) is 26.4 Å². The molecule has 1 unspecified atom stereocenters. The average molecular weight is 632 g/mol. The van der Waals surface area contributed by atoms with Gasteiger partial charge in [0, 0.05) is 29.3 Å². The molecule has 45 heavy (non-hydrogen) atoms. The maximum Gasteiger partial charge on any atom is 0.340 e. The highest BCUT2D eigenvalue weighted by atomic mass is 32.1.